The molecule has 1 atom stereocenters. The van der Waals surface area contributed by atoms with Gasteiger partial charge in [-0.05, 0) is 30.2 Å². The molecular weight excluding hydrogens is 244 g/mol. The Bertz CT molecular complexity index is 720. The number of hydrogen-bond acceptors (Lipinski definition) is 2. The van der Waals surface area contributed by atoms with Crippen LogP contribution in [0.2, 0.25) is 0 Å². The molecule has 1 unspecified atom stereocenters. The number of rotatable bonds is 3. The summed E-state index contributed by atoms with van der Waals surface area (Å²) in [4.78, 5) is 4.76. The van der Waals surface area contributed by atoms with E-state index in [1.165, 1.54) is 10.9 Å². The van der Waals surface area contributed by atoms with E-state index in [9.17, 15) is 0 Å². The van der Waals surface area contributed by atoms with E-state index < -0.39 is 0 Å². The zero-order valence-electron chi connectivity index (χ0n) is 11.6. The second kappa shape index (κ2) is 5.43. The molecule has 0 aliphatic rings. The summed E-state index contributed by atoms with van der Waals surface area (Å²) >= 11 is 0. The van der Waals surface area contributed by atoms with Crippen LogP contribution >= 0.6 is 0 Å². The number of pyridine rings is 1. The first-order valence-electron chi connectivity index (χ1n) is 6.90. The predicted octanol–water partition coefficient (Wildman–Crippen LogP) is 3.79. The summed E-state index contributed by atoms with van der Waals surface area (Å²) in [7, 11) is 0. The molecule has 3 aromatic rings. The Morgan fingerprint density at radius 2 is 1.70 bits per heavy atom. The zero-order valence-corrected chi connectivity index (χ0v) is 11.6. The number of para-hydroxylation sites is 1. The highest BCUT2D eigenvalue weighted by Gasteiger charge is 2.10. The van der Waals surface area contributed by atoms with E-state index in [4.69, 9.17) is 10.7 Å². The van der Waals surface area contributed by atoms with E-state index in [0.717, 1.165) is 23.2 Å². The molecule has 0 amide bonds. The van der Waals surface area contributed by atoms with Crippen LogP contribution < -0.4 is 5.73 Å². The van der Waals surface area contributed by atoms with Crippen LogP contribution in [0.5, 0.6) is 0 Å². The monoisotopic (exact) mass is 262 g/mol. The molecular formula is C18H18N2. The Balaban J connectivity index is 1.92. The largest absolute Gasteiger partial charge is 0.324 e. The third-order valence-electron chi connectivity index (χ3n) is 3.66. The molecule has 2 N–H and O–H groups in total. The number of fused-ring (bicyclic) bond motifs is 1. The second-order valence-electron chi connectivity index (χ2n) is 5.17. The first-order valence-corrected chi connectivity index (χ1v) is 6.90. The molecule has 2 aromatic carbocycles. The van der Waals surface area contributed by atoms with Gasteiger partial charge in [0.2, 0.25) is 0 Å². The molecule has 0 aliphatic carbocycles. The highest BCUT2D eigenvalue weighted by atomic mass is 14.7. The van der Waals surface area contributed by atoms with Gasteiger partial charge in [-0.25, -0.2) is 0 Å². The molecule has 0 bridgehead atoms. The number of benzene rings is 2. The number of hydrogen-bond donors (Lipinski definition) is 1. The summed E-state index contributed by atoms with van der Waals surface area (Å²) in [6.45, 7) is 2.10. The number of aromatic nitrogens is 1. The van der Waals surface area contributed by atoms with Gasteiger partial charge in [-0.2, -0.15) is 0 Å². The van der Waals surface area contributed by atoms with Crippen LogP contribution in [-0.2, 0) is 6.42 Å². The Kier molecular flexibility index (Phi) is 3.48. The molecule has 0 saturated heterocycles. The Morgan fingerprint density at radius 1 is 1.00 bits per heavy atom. The van der Waals surface area contributed by atoms with E-state index in [1.54, 1.807) is 0 Å². The lowest BCUT2D eigenvalue weighted by molar-refractivity contribution is 0.705. The summed E-state index contributed by atoms with van der Waals surface area (Å²) in [5.74, 6) is 0. The minimum atomic E-state index is -0.0106. The van der Waals surface area contributed by atoms with Crippen molar-refractivity contribution in [1.82, 2.24) is 4.98 Å². The lowest BCUT2D eigenvalue weighted by Gasteiger charge is -2.14. The van der Waals surface area contributed by atoms with Gasteiger partial charge in [-0.15, -0.1) is 0 Å². The topological polar surface area (TPSA) is 38.9 Å². The molecule has 100 valence electrons. The van der Waals surface area contributed by atoms with E-state index in [-0.39, 0.29) is 6.04 Å². The molecule has 2 nitrogen and oxygen atoms in total. The fourth-order valence-corrected chi connectivity index (χ4v) is 2.49. The van der Waals surface area contributed by atoms with Crippen molar-refractivity contribution in [3.05, 3.63) is 77.5 Å². The smallest absolute Gasteiger partial charge is 0.0705 e. The van der Waals surface area contributed by atoms with Crippen molar-refractivity contribution in [1.29, 1.82) is 0 Å². The zero-order chi connectivity index (χ0) is 13.9. The number of aryl methyl sites for hydroxylation is 1. The number of nitrogens with zero attached hydrogens (tertiary/aromatic N) is 1. The van der Waals surface area contributed by atoms with Crippen LogP contribution in [-0.4, -0.2) is 4.98 Å². The van der Waals surface area contributed by atoms with Crippen LogP contribution in [0.25, 0.3) is 10.9 Å². The van der Waals surface area contributed by atoms with Crippen molar-refractivity contribution >= 4 is 10.9 Å². The predicted molar refractivity (Wildman–Crippen MR) is 83.6 cm³/mol. The van der Waals surface area contributed by atoms with Gasteiger partial charge >= 0.3 is 0 Å². The van der Waals surface area contributed by atoms with Gasteiger partial charge in [0.25, 0.3) is 0 Å². The average Bonchev–Trinajstić information content (AvgIpc) is 2.49. The first kappa shape index (κ1) is 12.8. The van der Waals surface area contributed by atoms with Crippen molar-refractivity contribution < 1.29 is 0 Å². The summed E-state index contributed by atoms with van der Waals surface area (Å²) in [5.41, 5.74) is 10.8. The minimum Gasteiger partial charge on any atom is -0.324 e. The lowest BCUT2D eigenvalue weighted by Crippen LogP contribution is -2.14. The van der Waals surface area contributed by atoms with Gasteiger partial charge in [0.15, 0.2) is 0 Å². The van der Waals surface area contributed by atoms with Gasteiger partial charge in [-0.3, -0.25) is 4.98 Å². The van der Waals surface area contributed by atoms with Crippen LogP contribution in [0.1, 0.15) is 22.9 Å². The normalized spacial score (nSPS) is 12.5. The van der Waals surface area contributed by atoms with Crippen LogP contribution in [0.15, 0.2) is 60.7 Å². The molecule has 1 aromatic heterocycles. The van der Waals surface area contributed by atoms with E-state index in [1.807, 2.05) is 36.4 Å². The minimum absolute atomic E-state index is 0.0106. The van der Waals surface area contributed by atoms with E-state index in [2.05, 4.69) is 31.2 Å². The third kappa shape index (κ3) is 2.56. The van der Waals surface area contributed by atoms with Crippen LogP contribution in [0.3, 0.4) is 0 Å². The fourth-order valence-electron chi connectivity index (χ4n) is 2.49. The number of nitrogens with two attached hydrogens (primary N) is 1. The molecule has 1 heterocycles. The van der Waals surface area contributed by atoms with Gasteiger partial charge < -0.3 is 5.73 Å². The van der Waals surface area contributed by atoms with E-state index in [0.29, 0.717) is 0 Å². The third-order valence-corrected chi connectivity index (χ3v) is 3.66. The van der Waals surface area contributed by atoms with Crippen molar-refractivity contribution in [2.45, 2.75) is 19.4 Å². The summed E-state index contributed by atoms with van der Waals surface area (Å²) in [5, 5.41) is 1.18. The van der Waals surface area contributed by atoms with Crippen LogP contribution in [0.4, 0.5) is 0 Å². The van der Waals surface area contributed by atoms with Gasteiger partial charge in [0, 0.05) is 23.5 Å². The maximum atomic E-state index is 6.30. The van der Waals surface area contributed by atoms with E-state index >= 15 is 0 Å². The molecule has 0 spiro atoms. The summed E-state index contributed by atoms with van der Waals surface area (Å²) in [6, 6.07) is 20.6. The molecule has 2 heteroatoms. The molecule has 0 aliphatic heterocycles. The standard InChI is InChI=1S/C18H18N2/c1-13-11-15-9-5-6-10-17(15)20-18(13)12-16(19)14-7-3-2-4-8-14/h2-11,16H,12,19H2,1H3. The van der Waals surface area contributed by atoms with Crippen molar-refractivity contribution in [2.75, 3.05) is 0 Å². The average molecular weight is 262 g/mol. The molecule has 20 heavy (non-hydrogen) atoms. The van der Waals surface area contributed by atoms with Crippen molar-refractivity contribution in [3.8, 4) is 0 Å². The van der Waals surface area contributed by atoms with Crippen molar-refractivity contribution in [2.24, 2.45) is 5.73 Å². The summed E-state index contributed by atoms with van der Waals surface area (Å²) < 4.78 is 0. The maximum Gasteiger partial charge on any atom is 0.0705 e. The maximum absolute atomic E-state index is 6.30. The lowest BCUT2D eigenvalue weighted by atomic mass is 9.99. The Hall–Kier alpha value is -2.19. The molecule has 3 rings (SSSR count). The molecule has 0 saturated carbocycles. The van der Waals surface area contributed by atoms with Crippen molar-refractivity contribution in [3.63, 3.8) is 0 Å². The van der Waals surface area contributed by atoms with Crippen LogP contribution in [0, 0.1) is 6.92 Å². The SMILES string of the molecule is Cc1cc2ccccc2nc1CC(N)c1ccccc1. The fraction of sp³-hybridized carbons (Fsp3) is 0.167. The second-order valence-corrected chi connectivity index (χ2v) is 5.17. The highest BCUT2D eigenvalue weighted by molar-refractivity contribution is 5.79. The molecule has 0 fully saturated rings. The van der Waals surface area contributed by atoms with Gasteiger partial charge in [0.1, 0.15) is 0 Å². The first-order chi connectivity index (χ1) is 9.74. The van der Waals surface area contributed by atoms with Gasteiger partial charge in [-0.1, -0.05) is 48.5 Å². The summed E-state index contributed by atoms with van der Waals surface area (Å²) in [6.07, 6.45) is 0.765. The quantitative estimate of drug-likeness (QED) is 0.780. The molecule has 0 radical (unpaired) electrons. The Labute approximate surface area is 119 Å². The Morgan fingerprint density at radius 3 is 2.50 bits per heavy atom. The van der Waals surface area contributed by atoms with Gasteiger partial charge in [0.05, 0.1) is 5.52 Å². The highest BCUT2D eigenvalue weighted by Crippen LogP contribution is 2.20.